The van der Waals surface area contributed by atoms with E-state index in [0.717, 1.165) is 11.0 Å². The minimum absolute atomic E-state index is 0.109. The Morgan fingerprint density at radius 3 is 2.50 bits per heavy atom. The molecule has 0 aromatic heterocycles. The molecule has 0 spiro atoms. The first-order chi connectivity index (χ1) is 12.0. The van der Waals surface area contributed by atoms with Crippen molar-refractivity contribution in [3.63, 3.8) is 0 Å². The van der Waals surface area contributed by atoms with Crippen LogP contribution in [0.4, 0.5) is 18.9 Å². The third kappa shape index (κ3) is 6.91. The zero-order valence-corrected chi connectivity index (χ0v) is 14.9. The number of benzene rings is 1. The lowest BCUT2D eigenvalue weighted by atomic mass is 10.2. The highest BCUT2D eigenvalue weighted by Crippen LogP contribution is 2.36. The summed E-state index contributed by atoms with van der Waals surface area (Å²) in [5, 5.41) is 1.76. The summed E-state index contributed by atoms with van der Waals surface area (Å²) in [6.07, 6.45) is -3.91. The first-order valence-electron chi connectivity index (χ1n) is 7.60. The van der Waals surface area contributed by atoms with Crippen molar-refractivity contribution in [1.82, 2.24) is 4.90 Å². The fourth-order valence-corrected chi connectivity index (χ4v) is 2.08. The lowest BCUT2D eigenvalue weighted by molar-refractivity contribution is -0.151. The molecule has 0 fully saturated rings. The second kappa shape index (κ2) is 9.42. The summed E-state index contributed by atoms with van der Waals surface area (Å²) in [6, 6.07) is 2.93. The number of amides is 2. The molecule has 1 aromatic rings. The first-order valence-corrected chi connectivity index (χ1v) is 7.98. The fourth-order valence-electron chi connectivity index (χ4n) is 1.85. The van der Waals surface area contributed by atoms with Gasteiger partial charge in [-0.3, -0.25) is 14.4 Å². The number of hydrogen-bond donors (Lipinski definition) is 1. The maximum atomic E-state index is 12.8. The van der Waals surface area contributed by atoms with Gasteiger partial charge in [-0.1, -0.05) is 18.5 Å². The van der Waals surface area contributed by atoms with E-state index < -0.39 is 47.7 Å². The van der Waals surface area contributed by atoms with Crippen LogP contribution in [0.1, 0.15) is 25.3 Å². The molecule has 10 heteroatoms. The standard InChI is InChI=1S/C16H18ClF3N2O4/c1-3-4-15(25)26-9-14(24)22(2)8-13(23)21-10-5-6-12(17)11(7-10)16(18,19)20/h5-7H,3-4,8-9H2,1-2H3,(H,21,23). The molecule has 0 unspecified atom stereocenters. The van der Waals surface area contributed by atoms with E-state index in [1.165, 1.54) is 13.1 Å². The highest BCUT2D eigenvalue weighted by Gasteiger charge is 2.33. The van der Waals surface area contributed by atoms with Crippen molar-refractivity contribution in [3.05, 3.63) is 28.8 Å². The van der Waals surface area contributed by atoms with E-state index in [2.05, 4.69) is 5.32 Å². The minimum Gasteiger partial charge on any atom is -0.456 e. The van der Waals surface area contributed by atoms with E-state index in [9.17, 15) is 27.6 Å². The van der Waals surface area contributed by atoms with Crippen molar-refractivity contribution in [3.8, 4) is 0 Å². The molecule has 0 saturated heterocycles. The Morgan fingerprint density at radius 2 is 1.92 bits per heavy atom. The Kier molecular flexibility index (Phi) is 7.88. The van der Waals surface area contributed by atoms with Gasteiger partial charge in [-0.2, -0.15) is 13.2 Å². The van der Waals surface area contributed by atoms with Gasteiger partial charge in [0.05, 0.1) is 17.1 Å². The lowest BCUT2D eigenvalue weighted by Gasteiger charge is -2.17. The summed E-state index contributed by atoms with van der Waals surface area (Å²) in [6.45, 7) is 0.844. The van der Waals surface area contributed by atoms with Crippen molar-refractivity contribution in [1.29, 1.82) is 0 Å². The maximum Gasteiger partial charge on any atom is 0.417 e. The zero-order chi connectivity index (χ0) is 19.9. The number of anilines is 1. The Labute approximate surface area is 153 Å². The molecule has 1 rings (SSSR count). The molecule has 26 heavy (non-hydrogen) atoms. The highest BCUT2D eigenvalue weighted by atomic mass is 35.5. The van der Waals surface area contributed by atoms with Crippen LogP contribution >= 0.6 is 11.6 Å². The molecule has 0 heterocycles. The summed E-state index contributed by atoms with van der Waals surface area (Å²) < 4.78 is 43.1. The molecule has 6 nitrogen and oxygen atoms in total. The molecule has 144 valence electrons. The molecule has 0 radical (unpaired) electrons. The monoisotopic (exact) mass is 394 g/mol. The second-order valence-electron chi connectivity index (χ2n) is 5.40. The first kappa shape index (κ1) is 21.8. The van der Waals surface area contributed by atoms with Crippen LogP contribution in [0.5, 0.6) is 0 Å². The van der Waals surface area contributed by atoms with Crippen LogP contribution in [-0.4, -0.2) is 42.9 Å². The van der Waals surface area contributed by atoms with Crippen molar-refractivity contribution in [2.45, 2.75) is 25.9 Å². The van der Waals surface area contributed by atoms with E-state index in [-0.39, 0.29) is 12.1 Å². The second-order valence-corrected chi connectivity index (χ2v) is 5.81. The highest BCUT2D eigenvalue weighted by molar-refractivity contribution is 6.31. The van der Waals surface area contributed by atoms with E-state index in [1.807, 2.05) is 0 Å². The van der Waals surface area contributed by atoms with Crippen LogP contribution in [0.15, 0.2) is 18.2 Å². The summed E-state index contributed by atoms with van der Waals surface area (Å²) in [7, 11) is 1.30. The smallest absolute Gasteiger partial charge is 0.417 e. The van der Waals surface area contributed by atoms with Gasteiger partial charge in [0.2, 0.25) is 5.91 Å². The number of carbonyl (C=O) groups is 3. The number of nitrogens with zero attached hydrogens (tertiary/aromatic N) is 1. The van der Waals surface area contributed by atoms with Gasteiger partial charge in [0.1, 0.15) is 0 Å². The van der Waals surface area contributed by atoms with Crippen LogP contribution in [0.25, 0.3) is 0 Å². The molecule has 0 aliphatic heterocycles. The number of carbonyl (C=O) groups excluding carboxylic acids is 3. The molecule has 0 aliphatic rings. The van der Waals surface area contributed by atoms with Crippen LogP contribution in [0.3, 0.4) is 0 Å². The third-order valence-electron chi connectivity index (χ3n) is 3.17. The molecular formula is C16H18ClF3N2O4. The van der Waals surface area contributed by atoms with Crippen LogP contribution < -0.4 is 5.32 Å². The number of ether oxygens (including phenoxy) is 1. The molecule has 1 N–H and O–H groups in total. The molecular weight excluding hydrogens is 377 g/mol. The van der Waals surface area contributed by atoms with Crippen molar-refractivity contribution < 1.29 is 32.3 Å². The molecule has 0 aliphatic carbocycles. The lowest BCUT2D eigenvalue weighted by Crippen LogP contribution is -2.37. The van der Waals surface area contributed by atoms with Gasteiger partial charge >= 0.3 is 12.1 Å². The fraction of sp³-hybridized carbons (Fsp3) is 0.438. The van der Waals surface area contributed by atoms with E-state index >= 15 is 0 Å². The van der Waals surface area contributed by atoms with Crippen molar-refractivity contribution in [2.75, 3.05) is 25.5 Å². The largest absolute Gasteiger partial charge is 0.456 e. The number of halogens is 4. The quantitative estimate of drug-likeness (QED) is 0.721. The maximum absolute atomic E-state index is 12.8. The van der Waals surface area contributed by atoms with Gasteiger partial charge < -0.3 is 15.0 Å². The average molecular weight is 395 g/mol. The number of alkyl halides is 3. The number of rotatable bonds is 7. The number of hydrogen-bond acceptors (Lipinski definition) is 4. The normalized spacial score (nSPS) is 11.0. The topological polar surface area (TPSA) is 75.7 Å². The van der Waals surface area contributed by atoms with Gasteiger partial charge in [0.25, 0.3) is 5.91 Å². The van der Waals surface area contributed by atoms with Gasteiger partial charge in [0.15, 0.2) is 6.61 Å². The Balaban J connectivity index is 2.61. The Hall–Kier alpha value is -2.29. The summed E-state index contributed by atoms with van der Waals surface area (Å²) >= 11 is 5.50. The van der Waals surface area contributed by atoms with Crippen LogP contribution in [0, 0.1) is 0 Å². The Bertz CT molecular complexity index is 680. The third-order valence-corrected chi connectivity index (χ3v) is 3.50. The molecule has 1 aromatic carbocycles. The summed E-state index contributed by atoms with van der Waals surface area (Å²) in [5.74, 6) is -1.85. The average Bonchev–Trinajstić information content (AvgIpc) is 2.53. The number of esters is 1. The number of nitrogens with one attached hydrogen (secondary N) is 1. The predicted octanol–water partition coefficient (Wildman–Crippen LogP) is 3.10. The van der Waals surface area contributed by atoms with Crippen molar-refractivity contribution >= 4 is 35.1 Å². The SMILES string of the molecule is CCCC(=O)OCC(=O)N(C)CC(=O)Nc1ccc(Cl)c(C(F)(F)F)c1. The number of likely N-dealkylation sites (N-methyl/N-ethyl adjacent to an activating group) is 1. The Morgan fingerprint density at radius 1 is 1.27 bits per heavy atom. The summed E-state index contributed by atoms with van der Waals surface area (Å²) in [4.78, 5) is 35.9. The van der Waals surface area contributed by atoms with Crippen LogP contribution in [-0.2, 0) is 25.3 Å². The van der Waals surface area contributed by atoms with Gasteiger partial charge in [0, 0.05) is 19.2 Å². The van der Waals surface area contributed by atoms with Crippen molar-refractivity contribution in [2.24, 2.45) is 0 Å². The summed E-state index contributed by atoms with van der Waals surface area (Å²) in [5.41, 5.74) is -1.19. The van der Waals surface area contributed by atoms with Gasteiger partial charge in [-0.25, -0.2) is 0 Å². The van der Waals surface area contributed by atoms with Gasteiger partial charge in [-0.05, 0) is 24.6 Å². The molecule has 2 amide bonds. The van der Waals surface area contributed by atoms with E-state index in [1.54, 1.807) is 6.92 Å². The molecule has 0 atom stereocenters. The predicted molar refractivity (Wildman–Crippen MR) is 88.6 cm³/mol. The van der Waals surface area contributed by atoms with Gasteiger partial charge in [-0.15, -0.1) is 0 Å². The van der Waals surface area contributed by atoms with Crippen LogP contribution in [0.2, 0.25) is 5.02 Å². The van der Waals surface area contributed by atoms with E-state index in [0.29, 0.717) is 12.5 Å². The zero-order valence-electron chi connectivity index (χ0n) is 14.2. The molecule has 0 bridgehead atoms. The van der Waals surface area contributed by atoms with E-state index in [4.69, 9.17) is 16.3 Å². The molecule has 0 saturated carbocycles. The minimum atomic E-state index is -4.66.